The number of hydrogen-bond donors (Lipinski definition) is 1. The summed E-state index contributed by atoms with van der Waals surface area (Å²) in [6.45, 7) is -0.0163. The lowest BCUT2D eigenvalue weighted by Crippen LogP contribution is -2.26. The SMILES string of the molecule is CN(Cc1ccc(F)cc1)S(=O)(=O)c1nnc(NC(=O)c2cccc([N+](=O)[O-])c2)s1. The van der Waals surface area contributed by atoms with E-state index in [2.05, 4.69) is 15.5 Å². The summed E-state index contributed by atoms with van der Waals surface area (Å²) in [5, 5.41) is 20.4. The molecule has 1 heterocycles. The van der Waals surface area contributed by atoms with E-state index in [9.17, 15) is 27.7 Å². The van der Waals surface area contributed by atoms with Crippen LogP contribution in [0.3, 0.4) is 0 Å². The fourth-order valence-electron chi connectivity index (χ4n) is 2.36. The highest BCUT2D eigenvalue weighted by atomic mass is 32.2. The van der Waals surface area contributed by atoms with Crippen LogP contribution in [0, 0.1) is 15.9 Å². The van der Waals surface area contributed by atoms with Gasteiger partial charge in [0.2, 0.25) is 9.47 Å². The Bertz CT molecular complexity index is 1200. The summed E-state index contributed by atoms with van der Waals surface area (Å²) in [6, 6.07) is 10.4. The molecule has 2 aromatic carbocycles. The summed E-state index contributed by atoms with van der Waals surface area (Å²) in [5.41, 5.74) is 0.328. The third kappa shape index (κ3) is 4.82. The number of amides is 1. The number of benzene rings is 2. The molecule has 10 nitrogen and oxygen atoms in total. The molecule has 0 saturated heterocycles. The molecule has 0 aliphatic rings. The van der Waals surface area contributed by atoms with E-state index in [0.717, 1.165) is 10.4 Å². The minimum absolute atomic E-state index is 0.0113. The van der Waals surface area contributed by atoms with Gasteiger partial charge in [0.25, 0.3) is 21.6 Å². The van der Waals surface area contributed by atoms with Gasteiger partial charge >= 0.3 is 0 Å². The molecule has 13 heteroatoms. The van der Waals surface area contributed by atoms with Crippen LogP contribution in [0.2, 0.25) is 0 Å². The minimum Gasteiger partial charge on any atom is -0.296 e. The smallest absolute Gasteiger partial charge is 0.272 e. The van der Waals surface area contributed by atoms with Crippen LogP contribution in [0.25, 0.3) is 0 Å². The van der Waals surface area contributed by atoms with Gasteiger partial charge in [-0.25, -0.2) is 12.8 Å². The van der Waals surface area contributed by atoms with Crippen LogP contribution in [-0.4, -0.2) is 40.8 Å². The Labute approximate surface area is 174 Å². The number of aromatic nitrogens is 2. The second-order valence-electron chi connectivity index (χ2n) is 6.02. The quantitative estimate of drug-likeness (QED) is 0.331. The van der Waals surface area contributed by atoms with E-state index in [4.69, 9.17) is 0 Å². The van der Waals surface area contributed by atoms with E-state index in [1.54, 1.807) is 0 Å². The van der Waals surface area contributed by atoms with Gasteiger partial charge < -0.3 is 0 Å². The van der Waals surface area contributed by atoms with Crippen molar-refractivity contribution in [3.63, 3.8) is 0 Å². The van der Waals surface area contributed by atoms with Gasteiger partial charge in [-0.05, 0) is 23.8 Å². The Morgan fingerprint density at radius 1 is 1.23 bits per heavy atom. The van der Waals surface area contributed by atoms with Gasteiger partial charge in [-0.1, -0.05) is 29.5 Å². The number of halogens is 1. The lowest BCUT2D eigenvalue weighted by Gasteiger charge is -2.14. The minimum atomic E-state index is -4.00. The summed E-state index contributed by atoms with van der Waals surface area (Å²) >= 11 is 0.637. The molecule has 156 valence electrons. The molecular weight excluding hydrogens is 437 g/mol. The Kier molecular flexibility index (Phi) is 6.14. The summed E-state index contributed by atoms with van der Waals surface area (Å²) in [5.74, 6) is -1.13. The van der Waals surface area contributed by atoms with Crippen molar-refractivity contribution in [1.29, 1.82) is 0 Å². The van der Waals surface area contributed by atoms with Gasteiger partial charge in [-0.3, -0.25) is 20.2 Å². The first-order valence-electron chi connectivity index (χ1n) is 8.27. The third-order valence-electron chi connectivity index (χ3n) is 3.90. The molecule has 0 aliphatic heterocycles. The number of carbonyl (C=O) groups excluding carboxylic acids is 1. The maximum absolute atomic E-state index is 13.0. The number of nitrogens with zero attached hydrogens (tertiary/aromatic N) is 4. The Balaban J connectivity index is 1.73. The summed E-state index contributed by atoms with van der Waals surface area (Å²) in [4.78, 5) is 22.5. The highest BCUT2D eigenvalue weighted by Gasteiger charge is 2.26. The fraction of sp³-hybridized carbons (Fsp3) is 0.118. The molecule has 30 heavy (non-hydrogen) atoms. The van der Waals surface area contributed by atoms with Crippen molar-refractivity contribution in [2.24, 2.45) is 0 Å². The highest BCUT2D eigenvalue weighted by Crippen LogP contribution is 2.24. The van der Waals surface area contributed by atoms with Crippen molar-refractivity contribution in [3.05, 3.63) is 75.6 Å². The van der Waals surface area contributed by atoms with E-state index in [1.165, 1.54) is 49.5 Å². The molecule has 0 bridgehead atoms. The van der Waals surface area contributed by atoms with Crippen LogP contribution in [0.1, 0.15) is 15.9 Å². The lowest BCUT2D eigenvalue weighted by molar-refractivity contribution is -0.384. The van der Waals surface area contributed by atoms with Crippen LogP contribution in [0.4, 0.5) is 15.2 Å². The van der Waals surface area contributed by atoms with Crippen molar-refractivity contribution < 1.29 is 22.5 Å². The predicted molar refractivity (Wildman–Crippen MR) is 106 cm³/mol. The number of carbonyl (C=O) groups is 1. The topological polar surface area (TPSA) is 135 Å². The van der Waals surface area contributed by atoms with Gasteiger partial charge in [0, 0.05) is 31.3 Å². The Morgan fingerprint density at radius 2 is 1.93 bits per heavy atom. The van der Waals surface area contributed by atoms with Gasteiger partial charge in [0.1, 0.15) is 5.82 Å². The number of nitro groups is 1. The summed E-state index contributed by atoms with van der Waals surface area (Å²) in [6.07, 6.45) is 0. The number of anilines is 1. The normalized spacial score (nSPS) is 11.4. The molecule has 0 aliphatic carbocycles. The molecule has 0 fully saturated rings. The molecular formula is C17H14FN5O5S2. The van der Waals surface area contributed by atoms with Gasteiger partial charge in [0.05, 0.1) is 4.92 Å². The van der Waals surface area contributed by atoms with Crippen molar-refractivity contribution in [1.82, 2.24) is 14.5 Å². The highest BCUT2D eigenvalue weighted by molar-refractivity contribution is 7.91. The fourth-order valence-corrected chi connectivity index (χ4v) is 4.60. The van der Waals surface area contributed by atoms with Crippen LogP contribution >= 0.6 is 11.3 Å². The number of sulfonamides is 1. The monoisotopic (exact) mass is 451 g/mol. The van der Waals surface area contributed by atoms with Gasteiger partial charge in [-0.2, -0.15) is 4.31 Å². The average molecular weight is 451 g/mol. The first-order valence-corrected chi connectivity index (χ1v) is 10.5. The predicted octanol–water partition coefficient (Wildman–Crippen LogP) is 2.66. The number of nitrogens with one attached hydrogen (secondary N) is 1. The second kappa shape index (κ2) is 8.61. The van der Waals surface area contributed by atoms with Gasteiger partial charge in [0.15, 0.2) is 0 Å². The largest absolute Gasteiger partial charge is 0.296 e. The van der Waals surface area contributed by atoms with E-state index in [1.807, 2.05) is 0 Å². The Morgan fingerprint density at radius 3 is 2.60 bits per heavy atom. The molecule has 3 aromatic rings. The molecule has 0 unspecified atom stereocenters. The maximum atomic E-state index is 13.0. The molecule has 0 spiro atoms. The molecule has 3 rings (SSSR count). The number of rotatable bonds is 7. The standard InChI is InChI=1S/C17H14FN5O5S2/c1-22(10-11-5-7-13(18)8-6-11)30(27,28)17-21-20-16(29-17)19-15(24)12-3-2-4-14(9-12)23(25)26/h2-9H,10H2,1H3,(H,19,20,24). The van der Waals surface area contributed by atoms with Crippen molar-refractivity contribution in [3.8, 4) is 0 Å². The molecule has 1 N–H and O–H groups in total. The first-order chi connectivity index (χ1) is 14.2. The first kappa shape index (κ1) is 21.4. The van der Waals surface area contributed by atoms with Crippen LogP contribution in [0.15, 0.2) is 52.9 Å². The second-order valence-corrected chi connectivity index (χ2v) is 9.22. The molecule has 0 radical (unpaired) electrons. The molecule has 1 amide bonds. The van der Waals surface area contributed by atoms with Gasteiger partial charge in [-0.15, -0.1) is 10.2 Å². The molecule has 0 atom stereocenters. The van der Waals surface area contributed by atoms with Crippen molar-refractivity contribution in [2.75, 3.05) is 12.4 Å². The zero-order valence-corrected chi connectivity index (χ0v) is 17.0. The maximum Gasteiger partial charge on any atom is 0.272 e. The van der Waals surface area contributed by atoms with Crippen molar-refractivity contribution >= 4 is 38.1 Å². The molecule has 1 aromatic heterocycles. The third-order valence-corrected chi connectivity index (χ3v) is 6.88. The lowest BCUT2D eigenvalue weighted by atomic mass is 10.2. The number of hydrogen-bond acceptors (Lipinski definition) is 8. The zero-order valence-electron chi connectivity index (χ0n) is 15.4. The van der Waals surface area contributed by atoms with E-state index < -0.39 is 26.7 Å². The van der Waals surface area contributed by atoms with Crippen LogP contribution < -0.4 is 5.32 Å². The van der Waals surface area contributed by atoms with E-state index >= 15 is 0 Å². The number of non-ortho nitro benzene ring substituents is 1. The molecule has 0 saturated carbocycles. The van der Waals surface area contributed by atoms with Crippen molar-refractivity contribution in [2.45, 2.75) is 10.9 Å². The number of nitro benzene ring substituents is 1. The average Bonchev–Trinajstić information content (AvgIpc) is 3.19. The Hall–Kier alpha value is -3.29. The summed E-state index contributed by atoms with van der Waals surface area (Å²) < 4.78 is 39.0. The zero-order chi connectivity index (χ0) is 21.9. The van der Waals surface area contributed by atoms with E-state index in [-0.39, 0.29) is 27.3 Å². The van der Waals surface area contributed by atoms with Crippen LogP contribution in [-0.2, 0) is 16.6 Å². The summed E-state index contributed by atoms with van der Waals surface area (Å²) in [7, 11) is -2.67. The van der Waals surface area contributed by atoms with Crippen LogP contribution in [0.5, 0.6) is 0 Å². The van der Waals surface area contributed by atoms with E-state index in [0.29, 0.717) is 16.9 Å².